The first kappa shape index (κ1) is 16.0. The van der Waals surface area contributed by atoms with Crippen LogP contribution in [0.25, 0.3) is 11.1 Å². The van der Waals surface area contributed by atoms with Crippen LogP contribution in [0.15, 0.2) is 57.8 Å². The van der Waals surface area contributed by atoms with Gasteiger partial charge in [-0.3, -0.25) is 0 Å². The van der Waals surface area contributed by atoms with E-state index >= 15 is 0 Å². The molecule has 0 saturated carbocycles. The summed E-state index contributed by atoms with van der Waals surface area (Å²) >= 11 is 1.90. The first-order valence-corrected chi connectivity index (χ1v) is 10.8. The number of piperidine rings is 1. The summed E-state index contributed by atoms with van der Waals surface area (Å²) in [5.74, 6) is 1.14. The van der Waals surface area contributed by atoms with Crippen LogP contribution in [0.1, 0.15) is 42.4 Å². The van der Waals surface area contributed by atoms with Crippen LogP contribution in [-0.4, -0.2) is 31.1 Å². The average Bonchev–Trinajstić information content (AvgIpc) is 3.09. The topological polar surface area (TPSA) is 12.5 Å². The third kappa shape index (κ3) is 2.45. The lowest BCUT2D eigenvalue weighted by atomic mass is 9.87. The molecule has 0 radical (unpaired) electrons. The fourth-order valence-corrected chi connectivity index (χ4v) is 6.10. The van der Waals surface area contributed by atoms with Crippen LogP contribution >= 0.6 is 11.8 Å². The lowest BCUT2D eigenvalue weighted by molar-refractivity contribution is 0.242. The second-order valence-electron chi connectivity index (χ2n) is 8.09. The van der Waals surface area contributed by atoms with E-state index in [1.54, 1.807) is 5.57 Å². The lowest BCUT2D eigenvalue weighted by Gasteiger charge is -2.32. The quantitative estimate of drug-likeness (QED) is 0.508. The van der Waals surface area contributed by atoms with Crippen LogP contribution in [0, 0.1) is 0 Å². The fraction of sp³-hybridized carbons (Fsp3) is 0.333. The summed E-state index contributed by atoms with van der Waals surface area (Å²) in [6, 6.07) is 13.6. The van der Waals surface area contributed by atoms with Crippen molar-refractivity contribution in [3.8, 4) is 5.75 Å². The Hall–Kier alpha value is -1.97. The summed E-state index contributed by atoms with van der Waals surface area (Å²) in [5, 5.41) is 0. The molecule has 136 valence electrons. The molecule has 1 saturated heterocycles. The van der Waals surface area contributed by atoms with Crippen molar-refractivity contribution in [2.45, 2.75) is 41.6 Å². The largest absolute Gasteiger partial charge is 0.484 e. The van der Waals surface area contributed by atoms with Crippen molar-refractivity contribution in [1.82, 2.24) is 4.90 Å². The van der Waals surface area contributed by atoms with E-state index < -0.39 is 0 Å². The zero-order valence-electron chi connectivity index (χ0n) is 15.6. The third-order valence-electron chi connectivity index (χ3n) is 6.39. The van der Waals surface area contributed by atoms with E-state index in [2.05, 4.69) is 54.4 Å². The molecule has 3 aliphatic heterocycles. The molecule has 3 heteroatoms. The molecule has 0 spiro atoms. The van der Waals surface area contributed by atoms with Crippen molar-refractivity contribution in [2.75, 3.05) is 20.1 Å². The fourth-order valence-electron chi connectivity index (χ4n) is 4.92. The van der Waals surface area contributed by atoms with E-state index in [4.69, 9.17) is 4.74 Å². The maximum atomic E-state index is 6.46. The molecule has 2 bridgehead atoms. The van der Waals surface area contributed by atoms with Crippen molar-refractivity contribution in [3.05, 3.63) is 64.7 Å². The van der Waals surface area contributed by atoms with E-state index in [1.807, 2.05) is 11.8 Å². The Labute approximate surface area is 164 Å². The third-order valence-corrected chi connectivity index (χ3v) is 7.58. The molecule has 0 aromatic heterocycles. The maximum absolute atomic E-state index is 6.46. The van der Waals surface area contributed by atoms with Crippen LogP contribution in [0.5, 0.6) is 5.75 Å². The van der Waals surface area contributed by atoms with E-state index in [9.17, 15) is 0 Å². The lowest BCUT2D eigenvalue weighted by Crippen LogP contribution is -2.27. The molecule has 1 aliphatic carbocycles. The molecule has 2 aromatic carbocycles. The van der Waals surface area contributed by atoms with Gasteiger partial charge in [-0.25, -0.2) is 0 Å². The van der Waals surface area contributed by atoms with Gasteiger partial charge in [-0.05, 0) is 67.1 Å². The first-order valence-electron chi connectivity index (χ1n) is 10.0. The molecule has 0 amide bonds. The molecule has 3 heterocycles. The molecular formula is C24H23NOS. The normalized spacial score (nSPS) is 23.3. The SMILES string of the molecule is CN1CCC(=C2c3ccccc3Sc3c2ccc2c3OC3C=C2CC3)CC1. The van der Waals surface area contributed by atoms with E-state index in [-0.39, 0.29) is 6.10 Å². The maximum Gasteiger partial charge on any atom is 0.142 e. The van der Waals surface area contributed by atoms with Crippen molar-refractivity contribution >= 4 is 22.9 Å². The predicted octanol–water partition coefficient (Wildman–Crippen LogP) is 5.62. The van der Waals surface area contributed by atoms with Gasteiger partial charge in [0.25, 0.3) is 0 Å². The predicted molar refractivity (Wildman–Crippen MR) is 111 cm³/mol. The van der Waals surface area contributed by atoms with Gasteiger partial charge in [-0.1, -0.05) is 47.7 Å². The number of fused-ring (bicyclic) bond motifs is 6. The minimum atomic E-state index is 0.274. The molecule has 4 aliphatic rings. The highest BCUT2D eigenvalue weighted by Crippen LogP contribution is 2.55. The van der Waals surface area contributed by atoms with Crippen LogP contribution in [-0.2, 0) is 0 Å². The highest BCUT2D eigenvalue weighted by atomic mass is 32.2. The zero-order valence-corrected chi connectivity index (χ0v) is 16.4. The summed E-state index contributed by atoms with van der Waals surface area (Å²) in [6.45, 7) is 2.31. The van der Waals surface area contributed by atoms with Gasteiger partial charge in [-0.15, -0.1) is 0 Å². The monoisotopic (exact) mass is 373 g/mol. The van der Waals surface area contributed by atoms with Gasteiger partial charge < -0.3 is 9.64 Å². The Kier molecular flexibility index (Phi) is 3.57. The van der Waals surface area contributed by atoms with Crippen molar-refractivity contribution < 1.29 is 4.74 Å². The molecule has 1 fully saturated rings. The summed E-state index contributed by atoms with van der Waals surface area (Å²) in [7, 11) is 2.23. The van der Waals surface area contributed by atoms with Crippen molar-refractivity contribution in [3.63, 3.8) is 0 Å². The van der Waals surface area contributed by atoms with E-state index in [0.717, 1.165) is 44.5 Å². The van der Waals surface area contributed by atoms with Gasteiger partial charge >= 0.3 is 0 Å². The van der Waals surface area contributed by atoms with E-state index in [0.29, 0.717) is 0 Å². The Morgan fingerprint density at radius 2 is 1.78 bits per heavy atom. The molecular weight excluding hydrogens is 350 g/mol. The molecule has 6 rings (SSSR count). The molecule has 1 unspecified atom stereocenters. The summed E-state index contributed by atoms with van der Waals surface area (Å²) in [5.41, 5.74) is 8.69. The van der Waals surface area contributed by atoms with Crippen LogP contribution < -0.4 is 4.74 Å². The van der Waals surface area contributed by atoms with Gasteiger partial charge in [0.1, 0.15) is 11.9 Å². The van der Waals surface area contributed by atoms with Gasteiger partial charge in [0.05, 0.1) is 4.90 Å². The Balaban J connectivity index is 1.58. The van der Waals surface area contributed by atoms with Gasteiger partial charge in [0.15, 0.2) is 0 Å². The summed E-state index contributed by atoms with van der Waals surface area (Å²) in [6.07, 6.45) is 7.20. The number of rotatable bonds is 0. The minimum absolute atomic E-state index is 0.274. The van der Waals surface area contributed by atoms with Gasteiger partial charge in [-0.2, -0.15) is 0 Å². The number of hydrogen-bond donors (Lipinski definition) is 0. The number of hydrogen-bond acceptors (Lipinski definition) is 3. The van der Waals surface area contributed by atoms with Gasteiger partial charge in [0, 0.05) is 23.5 Å². The Morgan fingerprint density at radius 3 is 2.67 bits per heavy atom. The first-order chi connectivity index (χ1) is 13.3. The number of benzene rings is 2. The van der Waals surface area contributed by atoms with Crippen LogP contribution in [0.3, 0.4) is 0 Å². The van der Waals surface area contributed by atoms with E-state index in [1.165, 1.54) is 37.6 Å². The summed E-state index contributed by atoms with van der Waals surface area (Å²) < 4.78 is 6.46. The number of nitrogens with zero attached hydrogens (tertiary/aromatic N) is 1. The standard InChI is InChI=1S/C24H23NOS/c1-25-12-10-15(11-13-25)22-19-4-2-3-5-21(19)27-24-20(22)9-8-18-16-6-7-17(14-16)26-23(18)24/h2-5,8-9,14,17H,6-7,10-13H2,1H3. The smallest absolute Gasteiger partial charge is 0.142 e. The molecule has 0 N–H and O–H groups in total. The second kappa shape index (κ2) is 6.02. The van der Waals surface area contributed by atoms with Crippen LogP contribution in [0.4, 0.5) is 0 Å². The second-order valence-corrected chi connectivity index (χ2v) is 9.14. The molecule has 27 heavy (non-hydrogen) atoms. The Bertz CT molecular complexity index is 1010. The highest BCUT2D eigenvalue weighted by Gasteiger charge is 2.33. The van der Waals surface area contributed by atoms with Crippen LogP contribution in [0.2, 0.25) is 0 Å². The summed E-state index contributed by atoms with van der Waals surface area (Å²) in [4.78, 5) is 5.15. The molecule has 2 nitrogen and oxygen atoms in total. The number of likely N-dealkylation sites (tertiary alicyclic amines) is 1. The van der Waals surface area contributed by atoms with Gasteiger partial charge in [0.2, 0.25) is 0 Å². The highest BCUT2D eigenvalue weighted by molar-refractivity contribution is 7.99. The number of allylic oxidation sites excluding steroid dienone is 1. The van der Waals surface area contributed by atoms with Crippen molar-refractivity contribution in [1.29, 1.82) is 0 Å². The zero-order chi connectivity index (χ0) is 18.0. The molecule has 1 atom stereocenters. The minimum Gasteiger partial charge on any atom is -0.484 e. The Morgan fingerprint density at radius 1 is 0.963 bits per heavy atom. The number of ether oxygens (including phenoxy) is 1. The van der Waals surface area contributed by atoms with Crippen molar-refractivity contribution in [2.24, 2.45) is 0 Å². The average molecular weight is 374 g/mol. The molecule has 2 aromatic rings.